The van der Waals surface area contributed by atoms with Crippen LogP contribution in [-0.2, 0) is 4.79 Å². The third-order valence-electron chi connectivity index (χ3n) is 5.69. The summed E-state index contributed by atoms with van der Waals surface area (Å²) in [5.74, 6) is 0.707. The van der Waals surface area contributed by atoms with Crippen LogP contribution in [0.3, 0.4) is 0 Å². The van der Waals surface area contributed by atoms with Gasteiger partial charge in [0.2, 0.25) is 5.91 Å². The van der Waals surface area contributed by atoms with E-state index in [2.05, 4.69) is 5.32 Å². The smallest absolute Gasteiger partial charge is 0.324 e. The number of para-hydroxylation sites is 3. The molecule has 0 bridgehead atoms. The van der Waals surface area contributed by atoms with E-state index in [9.17, 15) is 9.59 Å². The lowest BCUT2D eigenvalue weighted by molar-refractivity contribution is -0.121. The van der Waals surface area contributed by atoms with Crippen molar-refractivity contribution >= 4 is 23.3 Å². The van der Waals surface area contributed by atoms with Crippen molar-refractivity contribution in [1.82, 2.24) is 4.90 Å². The Bertz CT molecular complexity index is 906. The summed E-state index contributed by atoms with van der Waals surface area (Å²) >= 11 is 0. The Hall–Kier alpha value is -3.02. The predicted molar refractivity (Wildman–Crippen MR) is 113 cm³/mol. The summed E-state index contributed by atoms with van der Waals surface area (Å²) < 4.78 is 5.85. The fraction of sp³-hybridized carbons (Fsp3) is 0.391. The minimum atomic E-state index is -0.0745. The van der Waals surface area contributed by atoms with Crippen LogP contribution in [0.15, 0.2) is 48.5 Å². The molecule has 0 spiro atoms. The van der Waals surface area contributed by atoms with E-state index in [-0.39, 0.29) is 24.0 Å². The molecular weight excluding hydrogens is 366 g/mol. The van der Waals surface area contributed by atoms with Crippen molar-refractivity contribution in [2.75, 3.05) is 29.9 Å². The number of carbonyl (C=O) groups excluding carboxylic acids is 2. The average molecular weight is 393 g/mol. The second kappa shape index (κ2) is 8.15. The molecule has 4 rings (SSSR count). The highest BCUT2D eigenvalue weighted by Crippen LogP contribution is 2.34. The molecule has 1 saturated heterocycles. The summed E-state index contributed by atoms with van der Waals surface area (Å²) in [7, 11) is 0. The second-order valence-corrected chi connectivity index (χ2v) is 7.85. The molecule has 2 aliphatic rings. The summed E-state index contributed by atoms with van der Waals surface area (Å²) in [5.41, 5.74) is 2.72. The van der Waals surface area contributed by atoms with E-state index in [1.807, 2.05) is 67.3 Å². The van der Waals surface area contributed by atoms with E-state index < -0.39 is 0 Å². The number of amides is 3. The first-order valence-corrected chi connectivity index (χ1v) is 10.2. The summed E-state index contributed by atoms with van der Waals surface area (Å²) in [4.78, 5) is 29.5. The van der Waals surface area contributed by atoms with Gasteiger partial charge in [0.15, 0.2) is 0 Å². The number of ether oxygens (including phenoxy) is 1. The van der Waals surface area contributed by atoms with Crippen molar-refractivity contribution in [1.29, 1.82) is 0 Å². The third-order valence-corrected chi connectivity index (χ3v) is 5.69. The number of urea groups is 1. The Labute approximate surface area is 171 Å². The van der Waals surface area contributed by atoms with Crippen LogP contribution >= 0.6 is 0 Å². The van der Waals surface area contributed by atoms with Gasteiger partial charge in [-0.05, 0) is 50.5 Å². The molecule has 1 fully saturated rings. The molecule has 2 aromatic carbocycles. The van der Waals surface area contributed by atoms with Crippen molar-refractivity contribution in [2.24, 2.45) is 5.92 Å². The molecule has 1 atom stereocenters. The molecule has 29 heavy (non-hydrogen) atoms. The highest BCUT2D eigenvalue weighted by Gasteiger charge is 2.33. The van der Waals surface area contributed by atoms with Crippen molar-refractivity contribution in [3.05, 3.63) is 54.1 Å². The van der Waals surface area contributed by atoms with Crippen molar-refractivity contribution in [2.45, 2.75) is 32.8 Å². The number of rotatable bonds is 2. The molecule has 1 unspecified atom stereocenters. The van der Waals surface area contributed by atoms with Crippen LogP contribution in [0.25, 0.3) is 0 Å². The van der Waals surface area contributed by atoms with E-state index in [4.69, 9.17) is 4.74 Å². The number of piperidine rings is 1. The Balaban J connectivity index is 1.38. The van der Waals surface area contributed by atoms with Crippen molar-refractivity contribution in [3.8, 4) is 5.75 Å². The number of nitrogens with zero attached hydrogens (tertiary/aromatic N) is 2. The van der Waals surface area contributed by atoms with E-state index in [0.29, 0.717) is 32.5 Å². The van der Waals surface area contributed by atoms with Gasteiger partial charge in [0, 0.05) is 24.7 Å². The summed E-state index contributed by atoms with van der Waals surface area (Å²) in [6.07, 6.45) is 1.29. The second-order valence-electron chi connectivity index (χ2n) is 7.85. The molecule has 2 heterocycles. The Kier molecular flexibility index (Phi) is 5.43. The number of nitrogens with one attached hydrogen (secondary N) is 1. The maximum absolute atomic E-state index is 13.2. The topological polar surface area (TPSA) is 61.9 Å². The lowest BCUT2D eigenvalue weighted by Crippen LogP contribution is -2.51. The number of hydrogen-bond donors (Lipinski definition) is 1. The van der Waals surface area contributed by atoms with Crippen molar-refractivity contribution < 1.29 is 14.3 Å². The van der Waals surface area contributed by atoms with Gasteiger partial charge in [-0.25, -0.2) is 4.79 Å². The molecule has 0 aliphatic carbocycles. The SMILES string of the molecule is Cc1ccccc1NC(=O)C1CCN(C(=O)N2CC(C)Oc3ccccc32)CC1. The van der Waals surface area contributed by atoms with Gasteiger partial charge in [-0.15, -0.1) is 0 Å². The van der Waals surface area contributed by atoms with Gasteiger partial charge < -0.3 is 15.0 Å². The first-order chi connectivity index (χ1) is 14.0. The van der Waals surface area contributed by atoms with Crippen molar-refractivity contribution in [3.63, 3.8) is 0 Å². The van der Waals surface area contributed by atoms with Gasteiger partial charge in [0.05, 0.1) is 12.2 Å². The zero-order valence-corrected chi connectivity index (χ0v) is 16.9. The highest BCUT2D eigenvalue weighted by atomic mass is 16.5. The Morgan fingerprint density at radius 1 is 1.03 bits per heavy atom. The summed E-state index contributed by atoms with van der Waals surface area (Å²) in [5, 5.41) is 3.04. The average Bonchev–Trinajstić information content (AvgIpc) is 2.74. The molecule has 6 heteroatoms. The normalized spacial score (nSPS) is 19.3. The van der Waals surface area contributed by atoms with E-state index in [1.165, 1.54) is 0 Å². The molecule has 152 valence electrons. The molecule has 0 saturated carbocycles. The van der Waals surface area contributed by atoms with Crippen LogP contribution in [-0.4, -0.2) is 42.6 Å². The van der Waals surface area contributed by atoms with E-state index >= 15 is 0 Å². The van der Waals surface area contributed by atoms with Crippen LogP contribution in [0.4, 0.5) is 16.2 Å². The number of hydrogen-bond acceptors (Lipinski definition) is 3. The zero-order chi connectivity index (χ0) is 20.4. The lowest BCUT2D eigenvalue weighted by Gasteiger charge is -2.39. The molecule has 2 aromatic rings. The predicted octanol–water partition coefficient (Wildman–Crippen LogP) is 4.05. The molecule has 6 nitrogen and oxygen atoms in total. The van der Waals surface area contributed by atoms with Gasteiger partial charge in [0.1, 0.15) is 11.9 Å². The molecule has 1 N–H and O–H groups in total. The van der Waals surface area contributed by atoms with Crippen LogP contribution in [0.1, 0.15) is 25.3 Å². The van der Waals surface area contributed by atoms with E-state index in [1.54, 1.807) is 4.90 Å². The van der Waals surface area contributed by atoms with Crippen LogP contribution in [0, 0.1) is 12.8 Å². The monoisotopic (exact) mass is 393 g/mol. The quantitative estimate of drug-likeness (QED) is 0.837. The highest BCUT2D eigenvalue weighted by molar-refractivity contribution is 5.95. The van der Waals surface area contributed by atoms with Gasteiger partial charge in [0.25, 0.3) is 0 Å². The van der Waals surface area contributed by atoms with Gasteiger partial charge in [-0.1, -0.05) is 30.3 Å². The lowest BCUT2D eigenvalue weighted by atomic mass is 9.95. The Morgan fingerprint density at radius 3 is 2.48 bits per heavy atom. The number of benzene rings is 2. The number of aryl methyl sites for hydroxylation is 1. The Morgan fingerprint density at radius 2 is 1.72 bits per heavy atom. The third kappa shape index (κ3) is 4.06. The number of anilines is 2. The van der Waals surface area contributed by atoms with Crippen LogP contribution in [0.5, 0.6) is 5.75 Å². The fourth-order valence-corrected chi connectivity index (χ4v) is 4.02. The summed E-state index contributed by atoms with van der Waals surface area (Å²) in [6.45, 7) is 5.65. The minimum Gasteiger partial charge on any atom is -0.487 e. The van der Waals surface area contributed by atoms with E-state index in [0.717, 1.165) is 22.7 Å². The van der Waals surface area contributed by atoms with Gasteiger partial charge in [-0.3, -0.25) is 9.69 Å². The summed E-state index contributed by atoms with van der Waals surface area (Å²) in [6, 6.07) is 15.4. The molecule has 2 aliphatic heterocycles. The molecule has 0 radical (unpaired) electrons. The fourth-order valence-electron chi connectivity index (χ4n) is 4.02. The number of carbonyl (C=O) groups is 2. The van der Waals surface area contributed by atoms with Crippen LogP contribution in [0.2, 0.25) is 0 Å². The molecule has 3 amide bonds. The minimum absolute atomic E-state index is 0.00892. The molecule has 0 aromatic heterocycles. The maximum atomic E-state index is 13.2. The van der Waals surface area contributed by atoms with Gasteiger partial charge >= 0.3 is 6.03 Å². The van der Waals surface area contributed by atoms with Gasteiger partial charge in [-0.2, -0.15) is 0 Å². The first-order valence-electron chi connectivity index (χ1n) is 10.2. The molecular formula is C23H27N3O3. The number of likely N-dealkylation sites (tertiary alicyclic amines) is 1. The zero-order valence-electron chi connectivity index (χ0n) is 16.9. The maximum Gasteiger partial charge on any atom is 0.324 e. The largest absolute Gasteiger partial charge is 0.487 e. The standard InChI is InChI=1S/C23H27N3O3/c1-16-7-3-4-8-19(16)24-22(27)18-11-13-25(14-12-18)23(28)26-15-17(2)29-21-10-6-5-9-20(21)26/h3-10,17-18H,11-15H2,1-2H3,(H,24,27). The van der Waals surface area contributed by atoms with Crippen LogP contribution < -0.4 is 15.0 Å². The number of fused-ring (bicyclic) bond motifs is 1. The first kappa shape index (κ1) is 19.3.